The van der Waals surface area contributed by atoms with E-state index < -0.39 is 0 Å². The second-order valence-electron chi connectivity index (χ2n) is 6.50. The second kappa shape index (κ2) is 6.91. The molecule has 0 radical (unpaired) electrons. The molecule has 0 saturated carbocycles. The molecule has 0 amide bonds. The molecule has 2 aromatic heterocycles. The second-order valence-corrected chi connectivity index (χ2v) is 6.50. The van der Waals surface area contributed by atoms with Gasteiger partial charge >= 0.3 is 0 Å². The molecule has 29 heavy (non-hydrogen) atoms. The molecule has 0 spiro atoms. The average Bonchev–Trinajstić information content (AvgIpc) is 3.18. The summed E-state index contributed by atoms with van der Waals surface area (Å²) in [6, 6.07) is 19.8. The van der Waals surface area contributed by atoms with Crippen molar-refractivity contribution in [2.24, 2.45) is 0 Å². The lowest BCUT2D eigenvalue weighted by atomic mass is 10.0. The summed E-state index contributed by atoms with van der Waals surface area (Å²) in [5.74, 6) is 0.160. The van der Waals surface area contributed by atoms with Crippen molar-refractivity contribution in [2.75, 3.05) is 0 Å². The normalized spacial score (nSPS) is 11.1. The van der Waals surface area contributed by atoms with E-state index in [-0.39, 0.29) is 11.6 Å². The van der Waals surface area contributed by atoms with E-state index in [1.807, 2.05) is 18.2 Å². The minimum atomic E-state index is -0.377. The molecule has 4 nitrogen and oxygen atoms in total. The van der Waals surface area contributed by atoms with Gasteiger partial charge in [0.15, 0.2) is 11.6 Å². The molecule has 0 saturated heterocycles. The number of hydrogen-bond acceptors (Lipinski definition) is 4. The Kier molecular flexibility index (Phi) is 4.09. The van der Waals surface area contributed by atoms with Crippen LogP contribution in [0.4, 0.5) is 8.78 Å². The highest BCUT2D eigenvalue weighted by Crippen LogP contribution is 2.32. The molecular weight excluding hydrogens is 372 g/mol. The number of fused-ring (bicyclic) bond motifs is 1. The van der Waals surface area contributed by atoms with Crippen LogP contribution in [-0.2, 0) is 0 Å². The van der Waals surface area contributed by atoms with Gasteiger partial charge in [0.2, 0.25) is 0 Å². The Hall–Kier alpha value is -3.93. The number of rotatable bonds is 3. The third-order valence-corrected chi connectivity index (χ3v) is 4.65. The van der Waals surface area contributed by atoms with Crippen LogP contribution in [0.25, 0.3) is 44.9 Å². The Morgan fingerprint density at radius 2 is 1.59 bits per heavy atom. The van der Waals surface area contributed by atoms with Gasteiger partial charge in [0.25, 0.3) is 0 Å². The van der Waals surface area contributed by atoms with Gasteiger partial charge in [0.1, 0.15) is 17.2 Å². The Bertz CT molecular complexity index is 1330. The van der Waals surface area contributed by atoms with Crippen LogP contribution in [0.15, 0.2) is 83.5 Å². The van der Waals surface area contributed by atoms with Gasteiger partial charge in [0, 0.05) is 17.3 Å². The van der Waals surface area contributed by atoms with E-state index in [1.54, 1.807) is 42.6 Å². The lowest BCUT2D eigenvalue weighted by Crippen LogP contribution is -1.93. The van der Waals surface area contributed by atoms with Gasteiger partial charge in [-0.25, -0.2) is 18.7 Å². The van der Waals surface area contributed by atoms with E-state index in [0.29, 0.717) is 28.4 Å². The highest BCUT2D eigenvalue weighted by atomic mass is 19.1. The maximum atomic E-state index is 14.1. The summed E-state index contributed by atoms with van der Waals surface area (Å²) in [4.78, 5) is 8.73. The van der Waals surface area contributed by atoms with Crippen LogP contribution in [0.3, 0.4) is 0 Å². The van der Waals surface area contributed by atoms with Crippen molar-refractivity contribution in [3.63, 3.8) is 0 Å². The molecule has 2 heterocycles. The smallest absolute Gasteiger partial charge is 0.174 e. The fraction of sp³-hybridized carbons (Fsp3) is 0. The maximum Gasteiger partial charge on any atom is 0.174 e. The Labute approximate surface area is 164 Å². The van der Waals surface area contributed by atoms with Crippen LogP contribution in [0, 0.1) is 11.6 Å². The predicted molar refractivity (Wildman–Crippen MR) is 106 cm³/mol. The molecule has 0 N–H and O–H groups in total. The van der Waals surface area contributed by atoms with Crippen LogP contribution >= 0.6 is 0 Å². The molecule has 140 valence electrons. The molecule has 0 aliphatic heterocycles. The van der Waals surface area contributed by atoms with Gasteiger partial charge in [-0.2, -0.15) is 0 Å². The van der Waals surface area contributed by atoms with Crippen LogP contribution < -0.4 is 0 Å². The van der Waals surface area contributed by atoms with E-state index >= 15 is 0 Å². The van der Waals surface area contributed by atoms with E-state index in [0.717, 1.165) is 16.5 Å². The number of nitrogens with zero attached hydrogens (tertiary/aromatic N) is 3. The molecule has 0 atom stereocenters. The quantitative estimate of drug-likeness (QED) is 0.388. The van der Waals surface area contributed by atoms with E-state index in [9.17, 15) is 8.78 Å². The lowest BCUT2D eigenvalue weighted by Gasteiger charge is -2.05. The third-order valence-electron chi connectivity index (χ3n) is 4.65. The Morgan fingerprint density at radius 1 is 0.793 bits per heavy atom. The fourth-order valence-corrected chi connectivity index (χ4v) is 3.20. The highest BCUT2D eigenvalue weighted by Gasteiger charge is 2.14. The van der Waals surface area contributed by atoms with E-state index in [2.05, 4.69) is 15.1 Å². The zero-order valence-corrected chi connectivity index (χ0v) is 15.0. The van der Waals surface area contributed by atoms with Crippen molar-refractivity contribution in [2.45, 2.75) is 0 Å². The minimum Gasteiger partial charge on any atom is -0.355 e. The maximum absolute atomic E-state index is 14.1. The molecule has 5 aromatic rings. The minimum absolute atomic E-state index is 0.310. The molecule has 3 aromatic carbocycles. The molecule has 0 aliphatic rings. The molecule has 0 bridgehead atoms. The van der Waals surface area contributed by atoms with Gasteiger partial charge in [-0.15, -0.1) is 0 Å². The number of hydrogen-bond donors (Lipinski definition) is 0. The monoisotopic (exact) mass is 385 g/mol. The molecular formula is C23H13F2N3O. The summed E-state index contributed by atoms with van der Waals surface area (Å²) in [5.41, 5.74) is 3.19. The standard InChI is InChI=1S/C23H13F2N3O/c24-16-8-5-14(6-9-16)22-18-13-15(7-10-21(18)28-29-22)20-11-12-26-23(27-20)17-3-1-2-4-19(17)25/h1-13H. The van der Waals surface area contributed by atoms with Crippen molar-refractivity contribution in [3.8, 4) is 34.0 Å². The van der Waals surface area contributed by atoms with Crippen molar-refractivity contribution in [1.82, 2.24) is 15.1 Å². The third kappa shape index (κ3) is 3.14. The predicted octanol–water partition coefficient (Wildman–Crippen LogP) is 5.90. The van der Waals surface area contributed by atoms with Crippen molar-refractivity contribution >= 4 is 10.9 Å². The first-order valence-electron chi connectivity index (χ1n) is 8.93. The SMILES string of the molecule is Fc1ccc(-c2onc3ccc(-c4ccnc(-c5ccccc5F)n4)cc23)cc1. The van der Waals surface area contributed by atoms with Crippen molar-refractivity contribution < 1.29 is 13.3 Å². The van der Waals surface area contributed by atoms with Gasteiger partial charge < -0.3 is 4.52 Å². The van der Waals surface area contributed by atoms with Crippen LogP contribution in [0.1, 0.15) is 0 Å². The summed E-state index contributed by atoms with van der Waals surface area (Å²) in [6.45, 7) is 0. The van der Waals surface area contributed by atoms with Crippen LogP contribution in [-0.4, -0.2) is 15.1 Å². The first kappa shape index (κ1) is 17.2. The molecule has 5 rings (SSSR count). The number of benzene rings is 3. The summed E-state index contributed by atoms with van der Waals surface area (Å²) < 4.78 is 32.9. The van der Waals surface area contributed by atoms with E-state index in [1.165, 1.54) is 18.2 Å². The molecule has 0 fully saturated rings. The van der Waals surface area contributed by atoms with Crippen LogP contribution in [0.2, 0.25) is 0 Å². The Balaban J connectivity index is 1.61. The highest BCUT2D eigenvalue weighted by molar-refractivity contribution is 5.94. The summed E-state index contributed by atoms with van der Waals surface area (Å²) in [6.07, 6.45) is 1.60. The zero-order valence-electron chi connectivity index (χ0n) is 15.0. The van der Waals surface area contributed by atoms with Gasteiger partial charge in [0.05, 0.1) is 16.6 Å². The molecule has 6 heteroatoms. The average molecular weight is 385 g/mol. The molecule has 0 unspecified atom stereocenters. The first-order chi connectivity index (χ1) is 14.2. The largest absolute Gasteiger partial charge is 0.355 e. The number of aromatic nitrogens is 3. The van der Waals surface area contributed by atoms with Crippen molar-refractivity contribution in [1.29, 1.82) is 0 Å². The number of halogens is 2. The van der Waals surface area contributed by atoms with Gasteiger partial charge in [-0.1, -0.05) is 23.4 Å². The lowest BCUT2D eigenvalue weighted by molar-refractivity contribution is 0.441. The zero-order chi connectivity index (χ0) is 19.8. The van der Waals surface area contributed by atoms with Crippen molar-refractivity contribution in [3.05, 3.63) is 90.6 Å². The van der Waals surface area contributed by atoms with Gasteiger partial charge in [-0.05, 0) is 54.6 Å². The summed E-state index contributed by atoms with van der Waals surface area (Å²) in [5, 5.41) is 4.86. The summed E-state index contributed by atoms with van der Waals surface area (Å²) in [7, 11) is 0. The summed E-state index contributed by atoms with van der Waals surface area (Å²) >= 11 is 0. The van der Waals surface area contributed by atoms with E-state index in [4.69, 9.17) is 4.52 Å². The van der Waals surface area contributed by atoms with Gasteiger partial charge in [-0.3, -0.25) is 0 Å². The first-order valence-corrected chi connectivity index (χ1v) is 8.93. The molecule has 0 aliphatic carbocycles. The Morgan fingerprint density at radius 3 is 2.41 bits per heavy atom. The topological polar surface area (TPSA) is 51.8 Å². The van der Waals surface area contributed by atoms with Crippen LogP contribution in [0.5, 0.6) is 0 Å². The fourth-order valence-electron chi connectivity index (χ4n) is 3.20.